The molecule has 3 rings (SSSR count). The molecule has 1 aromatic rings. The maximum absolute atomic E-state index is 11.8. The molecule has 0 heterocycles. The number of carbonyl (C=O) groups is 1. The number of aryl methyl sites for hydroxylation is 1. The van der Waals surface area contributed by atoms with Crippen molar-refractivity contribution in [3.63, 3.8) is 0 Å². The van der Waals surface area contributed by atoms with Crippen molar-refractivity contribution in [1.82, 2.24) is 10.6 Å². The second-order valence-corrected chi connectivity index (χ2v) is 7.31. The standard InChI is InChI=1S/C17H25N3O2/c1-17(2,3)22-16(21)20-15-9-14(15)19-13-7-4-10-8-11(18)5-6-12(10)13/h5-6,8,13-15,19H,4,7,9,18H2,1-3H3,(H,20,21). The average Bonchev–Trinajstić information content (AvgIpc) is 2.96. The number of rotatable bonds is 3. The van der Waals surface area contributed by atoms with Gasteiger partial charge in [0.05, 0.1) is 0 Å². The van der Waals surface area contributed by atoms with Crippen LogP contribution in [0.4, 0.5) is 10.5 Å². The molecule has 1 saturated carbocycles. The smallest absolute Gasteiger partial charge is 0.407 e. The summed E-state index contributed by atoms with van der Waals surface area (Å²) in [6.07, 6.45) is 2.78. The highest BCUT2D eigenvalue weighted by Crippen LogP contribution is 2.35. The van der Waals surface area contributed by atoms with Gasteiger partial charge in [-0.1, -0.05) is 6.07 Å². The van der Waals surface area contributed by atoms with Gasteiger partial charge in [-0.3, -0.25) is 0 Å². The predicted molar refractivity (Wildman–Crippen MR) is 86.6 cm³/mol. The van der Waals surface area contributed by atoms with Crippen LogP contribution in [-0.4, -0.2) is 23.8 Å². The molecule has 2 aliphatic rings. The molecule has 120 valence electrons. The largest absolute Gasteiger partial charge is 0.444 e. The van der Waals surface area contributed by atoms with Gasteiger partial charge in [0.2, 0.25) is 0 Å². The van der Waals surface area contributed by atoms with Crippen molar-refractivity contribution in [3.8, 4) is 0 Å². The molecule has 4 N–H and O–H groups in total. The van der Waals surface area contributed by atoms with Gasteiger partial charge in [-0.2, -0.15) is 0 Å². The van der Waals surface area contributed by atoms with Crippen molar-refractivity contribution in [2.45, 2.75) is 63.8 Å². The molecule has 0 spiro atoms. The number of nitrogen functional groups attached to an aromatic ring is 1. The summed E-state index contributed by atoms with van der Waals surface area (Å²) in [5, 5.41) is 6.56. The molecule has 1 aromatic carbocycles. The molecule has 2 aliphatic carbocycles. The number of nitrogens with one attached hydrogen (secondary N) is 2. The molecule has 1 fully saturated rings. The van der Waals surface area contributed by atoms with Gasteiger partial charge in [-0.05, 0) is 63.3 Å². The van der Waals surface area contributed by atoms with E-state index in [0.29, 0.717) is 12.1 Å². The molecular formula is C17H25N3O2. The minimum absolute atomic E-state index is 0.174. The SMILES string of the molecule is CC(C)(C)OC(=O)NC1CC1NC1CCc2cc(N)ccc21. The van der Waals surface area contributed by atoms with E-state index in [4.69, 9.17) is 10.5 Å². The lowest BCUT2D eigenvalue weighted by molar-refractivity contribution is 0.0522. The highest BCUT2D eigenvalue weighted by molar-refractivity contribution is 5.68. The van der Waals surface area contributed by atoms with Gasteiger partial charge in [-0.15, -0.1) is 0 Å². The van der Waals surface area contributed by atoms with Crippen LogP contribution in [0.5, 0.6) is 0 Å². The lowest BCUT2D eigenvalue weighted by atomic mass is 10.1. The summed E-state index contributed by atoms with van der Waals surface area (Å²) < 4.78 is 5.28. The van der Waals surface area contributed by atoms with E-state index in [0.717, 1.165) is 24.9 Å². The third-order valence-electron chi connectivity index (χ3n) is 4.15. The van der Waals surface area contributed by atoms with E-state index >= 15 is 0 Å². The van der Waals surface area contributed by atoms with Crippen molar-refractivity contribution >= 4 is 11.8 Å². The molecule has 3 unspecified atom stereocenters. The second kappa shape index (κ2) is 5.47. The number of nitrogens with two attached hydrogens (primary N) is 1. The van der Waals surface area contributed by atoms with E-state index in [-0.39, 0.29) is 12.1 Å². The van der Waals surface area contributed by atoms with E-state index in [2.05, 4.69) is 22.8 Å². The zero-order valence-corrected chi connectivity index (χ0v) is 13.5. The quantitative estimate of drug-likeness (QED) is 0.750. The zero-order chi connectivity index (χ0) is 15.9. The van der Waals surface area contributed by atoms with Crippen LogP contribution < -0.4 is 16.4 Å². The van der Waals surface area contributed by atoms with Gasteiger partial charge in [0.15, 0.2) is 0 Å². The van der Waals surface area contributed by atoms with Crippen LogP contribution in [0.3, 0.4) is 0 Å². The molecular weight excluding hydrogens is 278 g/mol. The molecule has 22 heavy (non-hydrogen) atoms. The van der Waals surface area contributed by atoms with E-state index in [9.17, 15) is 4.79 Å². The first-order valence-corrected chi connectivity index (χ1v) is 7.96. The third-order valence-corrected chi connectivity index (χ3v) is 4.15. The van der Waals surface area contributed by atoms with Crippen molar-refractivity contribution in [3.05, 3.63) is 29.3 Å². The van der Waals surface area contributed by atoms with Crippen LogP contribution in [0.15, 0.2) is 18.2 Å². The summed E-state index contributed by atoms with van der Waals surface area (Å²) in [6.45, 7) is 5.61. The Bertz CT molecular complexity index is 580. The number of anilines is 1. The zero-order valence-electron chi connectivity index (χ0n) is 13.5. The van der Waals surface area contributed by atoms with Crippen LogP contribution in [-0.2, 0) is 11.2 Å². The Morgan fingerprint density at radius 1 is 1.32 bits per heavy atom. The van der Waals surface area contributed by atoms with Crippen molar-refractivity contribution < 1.29 is 9.53 Å². The molecule has 5 nitrogen and oxygen atoms in total. The van der Waals surface area contributed by atoms with E-state index in [1.165, 1.54) is 11.1 Å². The Balaban J connectivity index is 1.50. The summed E-state index contributed by atoms with van der Waals surface area (Å²) in [6, 6.07) is 7.02. The molecule has 1 amide bonds. The summed E-state index contributed by atoms with van der Waals surface area (Å²) >= 11 is 0. The van der Waals surface area contributed by atoms with Crippen LogP contribution in [0.2, 0.25) is 0 Å². The lowest BCUT2D eigenvalue weighted by Crippen LogP contribution is -2.37. The van der Waals surface area contributed by atoms with Crippen LogP contribution in [0.1, 0.15) is 50.8 Å². The highest BCUT2D eigenvalue weighted by atomic mass is 16.6. The molecule has 5 heteroatoms. The number of ether oxygens (including phenoxy) is 1. The Morgan fingerprint density at radius 2 is 2.09 bits per heavy atom. The van der Waals surface area contributed by atoms with E-state index in [1.807, 2.05) is 26.8 Å². The van der Waals surface area contributed by atoms with Gasteiger partial charge in [0, 0.05) is 23.8 Å². The van der Waals surface area contributed by atoms with Crippen molar-refractivity contribution in [2.24, 2.45) is 0 Å². The number of carbonyl (C=O) groups excluding carboxylic acids is 1. The van der Waals surface area contributed by atoms with Crippen LogP contribution in [0.25, 0.3) is 0 Å². The van der Waals surface area contributed by atoms with Gasteiger partial charge in [-0.25, -0.2) is 4.79 Å². The fraction of sp³-hybridized carbons (Fsp3) is 0.588. The second-order valence-electron chi connectivity index (χ2n) is 7.31. The molecule has 3 atom stereocenters. The number of hydrogen-bond donors (Lipinski definition) is 3. The Labute approximate surface area is 131 Å². The summed E-state index contributed by atoms with van der Waals surface area (Å²) in [5.41, 5.74) is 8.90. The molecule has 0 bridgehead atoms. The average molecular weight is 303 g/mol. The molecule has 0 aliphatic heterocycles. The number of benzene rings is 1. The van der Waals surface area contributed by atoms with Crippen molar-refractivity contribution in [2.75, 3.05) is 5.73 Å². The minimum Gasteiger partial charge on any atom is -0.444 e. The van der Waals surface area contributed by atoms with Gasteiger partial charge >= 0.3 is 6.09 Å². The van der Waals surface area contributed by atoms with Gasteiger partial charge in [0.25, 0.3) is 0 Å². The normalized spacial score (nSPS) is 26.4. The molecule has 0 radical (unpaired) electrons. The molecule has 0 aromatic heterocycles. The topological polar surface area (TPSA) is 76.4 Å². The maximum Gasteiger partial charge on any atom is 0.407 e. The van der Waals surface area contributed by atoms with E-state index < -0.39 is 5.60 Å². The van der Waals surface area contributed by atoms with Gasteiger partial charge in [0.1, 0.15) is 5.60 Å². The highest BCUT2D eigenvalue weighted by Gasteiger charge is 2.41. The first kappa shape index (κ1) is 15.2. The Hall–Kier alpha value is -1.75. The molecule has 0 saturated heterocycles. The monoisotopic (exact) mass is 303 g/mol. The first-order chi connectivity index (χ1) is 10.3. The Kier molecular flexibility index (Phi) is 3.77. The number of fused-ring (bicyclic) bond motifs is 1. The summed E-state index contributed by atoms with van der Waals surface area (Å²) in [5.74, 6) is 0. The number of hydrogen-bond acceptors (Lipinski definition) is 4. The maximum atomic E-state index is 11.8. The van der Waals surface area contributed by atoms with Crippen LogP contribution in [0, 0.1) is 0 Å². The summed E-state index contributed by atoms with van der Waals surface area (Å²) in [4.78, 5) is 11.8. The van der Waals surface area contributed by atoms with Gasteiger partial charge < -0.3 is 21.1 Å². The van der Waals surface area contributed by atoms with E-state index in [1.54, 1.807) is 0 Å². The Morgan fingerprint density at radius 3 is 2.82 bits per heavy atom. The fourth-order valence-electron chi connectivity index (χ4n) is 3.07. The summed E-state index contributed by atoms with van der Waals surface area (Å²) in [7, 11) is 0. The number of alkyl carbamates (subject to hydrolysis) is 1. The van der Waals surface area contributed by atoms with Crippen LogP contribution >= 0.6 is 0 Å². The number of amides is 1. The lowest BCUT2D eigenvalue weighted by Gasteiger charge is -2.20. The first-order valence-electron chi connectivity index (χ1n) is 7.96. The van der Waals surface area contributed by atoms with Crippen molar-refractivity contribution in [1.29, 1.82) is 0 Å². The predicted octanol–water partition coefficient (Wildman–Crippen LogP) is 2.51. The minimum atomic E-state index is -0.452. The third kappa shape index (κ3) is 3.53. The fourth-order valence-corrected chi connectivity index (χ4v) is 3.07.